The third-order valence-electron chi connectivity index (χ3n) is 5.53. The maximum Gasteiger partial charge on any atom is 0.0249 e. The van der Waals surface area contributed by atoms with Gasteiger partial charge in [0, 0.05) is 18.6 Å². The van der Waals surface area contributed by atoms with Gasteiger partial charge in [-0.15, -0.1) is 0 Å². The van der Waals surface area contributed by atoms with E-state index in [2.05, 4.69) is 31.0 Å². The molecular weight excluding hydrogens is 232 g/mol. The molecule has 4 unspecified atom stereocenters. The van der Waals surface area contributed by atoms with Crippen LogP contribution in [-0.4, -0.2) is 36.6 Å². The second-order valence-electron chi connectivity index (χ2n) is 6.96. The molecule has 19 heavy (non-hydrogen) atoms. The van der Waals surface area contributed by atoms with E-state index >= 15 is 0 Å². The predicted octanol–water partition coefficient (Wildman–Crippen LogP) is 3.67. The van der Waals surface area contributed by atoms with Gasteiger partial charge in [0.1, 0.15) is 0 Å². The molecule has 0 bridgehead atoms. The van der Waals surface area contributed by atoms with Gasteiger partial charge in [0.05, 0.1) is 0 Å². The van der Waals surface area contributed by atoms with E-state index in [1.54, 1.807) is 0 Å². The molecule has 0 radical (unpaired) electrons. The Labute approximate surface area is 120 Å². The van der Waals surface area contributed by atoms with Crippen molar-refractivity contribution in [1.82, 2.24) is 10.2 Å². The van der Waals surface area contributed by atoms with Gasteiger partial charge in [-0.25, -0.2) is 0 Å². The van der Waals surface area contributed by atoms with Crippen LogP contribution >= 0.6 is 0 Å². The summed E-state index contributed by atoms with van der Waals surface area (Å²) in [5.41, 5.74) is 0. The lowest BCUT2D eigenvalue weighted by Gasteiger charge is -2.44. The highest BCUT2D eigenvalue weighted by molar-refractivity contribution is 4.89. The molecule has 0 spiro atoms. The minimum atomic E-state index is 0.742. The van der Waals surface area contributed by atoms with Crippen molar-refractivity contribution in [2.45, 2.75) is 77.8 Å². The average molecular weight is 266 g/mol. The first-order valence-corrected chi connectivity index (χ1v) is 8.69. The van der Waals surface area contributed by atoms with Crippen molar-refractivity contribution in [3.8, 4) is 0 Å². The molecule has 1 N–H and O–H groups in total. The summed E-state index contributed by atoms with van der Waals surface area (Å²) in [7, 11) is 0. The van der Waals surface area contributed by atoms with Gasteiger partial charge in [-0.2, -0.15) is 0 Å². The monoisotopic (exact) mass is 266 g/mol. The summed E-state index contributed by atoms with van der Waals surface area (Å²) in [5.74, 6) is 1.80. The number of nitrogens with one attached hydrogen (secondary N) is 1. The summed E-state index contributed by atoms with van der Waals surface area (Å²) in [6.45, 7) is 10.9. The molecule has 2 heteroatoms. The van der Waals surface area contributed by atoms with Crippen molar-refractivity contribution in [2.24, 2.45) is 11.8 Å². The van der Waals surface area contributed by atoms with E-state index in [9.17, 15) is 0 Å². The highest BCUT2D eigenvalue weighted by Crippen LogP contribution is 2.29. The third kappa shape index (κ3) is 4.19. The van der Waals surface area contributed by atoms with Crippen LogP contribution in [0.1, 0.15) is 65.7 Å². The van der Waals surface area contributed by atoms with E-state index in [0.29, 0.717) is 0 Å². The van der Waals surface area contributed by atoms with Crippen molar-refractivity contribution in [3.05, 3.63) is 0 Å². The molecular formula is C17H34N2. The van der Waals surface area contributed by atoms with E-state index in [-0.39, 0.29) is 0 Å². The smallest absolute Gasteiger partial charge is 0.0249 e. The van der Waals surface area contributed by atoms with Crippen molar-refractivity contribution in [1.29, 1.82) is 0 Å². The van der Waals surface area contributed by atoms with Crippen LogP contribution in [0, 0.1) is 11.8 Å². The second-order valence-corrected chi connectivity index (χ2v) is 6.96. The maximum atomic E-state index is 3.78. The highest BCUT2D eigenvalue weighted by Gasteiger charge is 2.32. The Balaban J connectivity index is 1.99. The molecule has 0 aromatic carbocycles. The predicted molar refractivity (Wildman–Crippen MR) is 83.5 cm³/mol. The summed E-state index contributed by atoms with van der Waals surface area (Å²) >= 11 is 0. The Kier molecular flexibility index (Phi) is 6.15. The molecule has 1 saturated heterocycles. The molecule has 2 nitrogen and oxygen atoms in total. The van der Waals surface area contributed by atoms with E-state index in [4.69, 9.17) is 0 Å². The number of hydrogen-bond donors (Lipinski definition) is 1. The van der Waals surface area contributed by atoms with Gasteiger partial charge < -0.3 is 5.32 Å². The number of rotatable bonds is 3. The van der Waals surface area contributed by atoms with Crippen molar-refractivity contribution in [2.75, 3.05) is 19.6 Å². The van der Waals surface area contributed by atoms with Crippen LogP contribution in [0.5, 0.6) is 0 Å². The van der Waals surface area contributed by atoms with Crippen molar-refractivity contribution >= 4 is 0 Å². The first-order chi connectivity index (χ1) is 9.22. The summed E-state index contributed by atoms with van der Waals surface area (Å²) in [6.07, 6.45) is 9.96. The number of piperidine rings is 1. The summed E-state index contributed by atoms with van der Waals surface area (Å²) in [5, 5.41) is 3.78. The number of likely N-dealkylation sites (tertiary alicyclic amines) is 1. The fraction of sp³-hybridized carbons (Fsp3) is 1.00. The molecule has 1 aliphatic carbocycles. The molecule has 1 aliphatic heterocycles. The normalized spacial score (nSPS) is 38.7. The minimum absolute atomic E-state index is 0.742. The Morgan fingerprint density at radius 2 is 1.68 bits per heavy atom. The third-order valence-corrected chi connectivity index (χ3v) is 5.53. The lowest BCUT2D eigenvalue weighted by atomic mass is 9.84. The fourth-order valence-electron chi connectivity index (χ4n) is 4.00. The molecule has 112 valence electrons. The zero-order valence-corrected chi connectivity index (χ0v) is 13.3. The first kappa shape index (κ1) is 15.3. The number of nitrogens with zero attached hydrogens (tertiary/aromatic N) is 1. The summed E-state index contributed by atoms with van der Waals surface area (Å²) in [6, 6.07) is 1.54. The van der Waals surface area contributed by atoms with E-state index in [0.717, 1.165) is 30.5 Å². The molecule has 1 saturated carbocycles. The van der Waals surface area contributed by atoms with Crippen molar-refractivity contribution in [3.63, 3.8) is 0 Å². The van der Waals surface area contributed by atoms with E-state index < -0.39 is 0 Å². The standard InChI is InChI=1S/C17H34N2/c1-4-18-16-9-7-5-6-8-10-17(16)19-12-11-14(2)15(3)13-19/h14-18H,4-13H2,1-3H3. The number of likely N-dealkylation sites (N-methyl/N-ethyl adjacent to an activating group) is 1. The minimum Gasteiger partial charge on any atom is -0.313 e. The summed E-state index contributed by atoms with van der Waals surface area (Å²) < 4.78 is 0. The Hall–Kier alpha value is -0.0800. The Bertz CT molecular complexity index is 254. The molecule has 2 fully saturated rings. The fourth-order valence-corrected chi connectivity index (χ4v) is 4.00. The van der Waals surface area contributed by atoms with Crippen LogP contribution < -0.4 is 5.32 Å². The van der Waals surface area contributed by atoms with Crippen LogP contribution in [0.4, 0.5) is 0 Å². The van der Waals surface area contributed by atoms with Gasteiger partial charge in [0.2, 0.25) is 0 Å². The van der Waals surface area contributed by atoms with Gasteiger partial charge >= 0.3 is 0 Å². The molecule has 2 aliphatic rings. The molecule has 0 aromatic rings. The maximum absolute atomic E-state index is 3.78. The van der Waals surface area contributed by atoms with Crippen LogP contribution in [0.3, 0.4) is 0 Å². The first-order valence-electron chi connectivity index (χ1n) is 8.69. The SMILES string of the molecule is CCNC1CCCCCCC1N1CCC(C)C(C)C1. The molecule has 2 rings (SSSR count). The van der Waals surface area contributed by atoms with Gasteiger partial charge in [-0.05, 0) is 44.2 Å². The average Bonchev–Trinajstić information content (AvgIpc) is 2.37. The van der Waals surface area contributed by atoms with Gasteiger partial charge in [-0.3, -0.25) is 4.90 Å². The molecule has 1 heterocycles. The number of hydrogen-bond acceptors (Lipinski definition) is 2. The van der Waals surface area contributed by atoms with E-state index in [1.165, 1.54) is 58.0 Å². The Morgan fingerprint density at radius 3 is 2.37 bits per heavy atom. The van der Waals surface area contributed by atoms with Gasteiger partial charge in [0.25, 0.3) is 0 Å². The molecule has 4 atom stereocenters. The Morgan fingerprint density at radius 1 is 0.947 bits per heavy atom. The van der Waals surface area contributed by atoms with Crippen LogP contribution in [0.2, 0.25) is 0 Å². The molecule has 0 aromatic heterocycles. The second kappa shape index (κ2) is 7.64. The topological polar surface area (TPSA) is 15.3 Å². The lowest BCUT2D eigenvalue weighted by molar-refractivity contribution is 0.0649. The van der Waals surface area contributed by atoms with Crippen LogP contribution in [0.25, 0.3) is 0 Å². The molecule has 0 amide bonds. The summed E-state index contributed by atoms with van der Waals surface area (Å²) in [4.78, 5) is 2.82. The highest BCUT2D eigenvalue weighted by atomic mass is 15.2. The van der Waals surface area contributed by atoms with Crippen LogP contribution in [-0.2, 0) is 0 Å². The van der Waals surface area contributed by atoms with Gasteiger partial charge in [-0.1, -0.05) is 46.5 Å². The largest absolute Gasteiger partial charge is 0.313 e. The zero-order chi connectivity index (χ0) is 13.7. The zero-order valence-electron chi connectivity index (χ0n) is 13.3. The quantitative estimate of drug-likeness (QED) is 0.838. The van der Waals surface area contributed by atoms with E-state index in [1.807, 2.05) is 0 Å². The lowest BCUT2D eigenvalue weighted by Crippen LogP contribution is -2.54. The van der Waals surface area contributed by atoms with Gasteiger partial charge in [0.15, 0.2) is 0 Å². The van der Waals surface area contributed by atoms with Crippen LogP contribution in [0.15, 0.2) is 0 Å². The van der Waals surface area contributed by atoms with Crippen molar-refractivity contribution < 1.29 is 0 Å².